The summed E-state index contributed by atoms with van der Waals surface area (Å²) in [4.78, 5) is 0. The van der Waals surface area contributed by atoms with Gasteiger partial charge in [0.05, 0.1) is 5.54 Å². The first kappa shape index (κ1) is 16.2. The van der Waals surface area contributed by atoms with Crippen LogP contribution in [0, 0.1) is 0 Å². The molecular formula is C4H13Cl2FN2. The Bertz CT molecular complexity index is 62.1. The third kappa shape index (κ3) is 8.43. The van der Waals surface area contributed by atoms with Gasteiger partial charge in [-0.3, -0.25) is 0 Å². The number of nitrogens with two attached hydrogens (primary N) is 2. The maximum atomic E-state index is 11.9. The van der Waals surface area contributed by atoms with Crippen LogP contribution in [0.4, 0.5) is 4.39 Å². The second-order valence-corrected chi connectivity index (χ2v) is 2.22. The number of hydrogen-bond acceptors (Lipinski definition) is 2. The van der Waals surface area contributed by atoms with Gasteiger partial charge >= 0.3 is 0 Å². The lowest BCUT2D eigenvalue weighted by molar-refractivity contribution is 0.227. The molecule has 60 valence electrons. The Balaban J connectivity index is -0.000000180. The zero-order chi connectivity index (χ0) is 6.08. The van der Waals surface area contributed by atoms with Crippen molar-refractivity contribution in [2.45, 2.75) is 25.7 Å². The number of halogens is 3. The minimum atomic E-state index is -1.42. The molecule has 0 aromatic rings. The van der Waals surface area contributed by atoms with Crippen molar-refractivity contribution in [2.24, 2.45) is 11.5 Å². The fourth-order valence-electron chi connectivity index (χ4n) is 0. The SMILES string of the molecule is CC(C)(N)C(N)F.Cl.Cl. The van der Waals surface area contributed by atoms with Gasteiger partial charge in [0.25, 0.3) is 0 Å². The topological polar surface area (TPSA) is 52.0 Å². The van der Waals surface area contributed by atoms with Crippen molar-refractivity contribution < 1.29 is 4.39 Å². The highest BCUT2D eigenvalue weighted by Gasteiger charge is 2.19. The molecule has 0 spiro atoms. The average Bonchev–Trinajstić information content (AvgIpc) is 1.31. The van der Waals surface area contributed by atoms with Gasteiger partial charge in [-0.2, -0.15) is 0 Å². The van der Waals surface area contributed by atoms with Gasteiger partial charge in [-0.1, -0.05) is 0 Å². The summed E-state index contributed by atoms with van der Waals surface area (Å²) in [6.45, 7) is 3.08. The quantitative estimate of drug-likeness (QED) is 0.585. The number of rotatable bonds is 1. The maximum absolute atomic E-state index is 11.9. The van der Waals surface area contributed by atoms with Crippen LogP contribution in [0.1, 0.15) is 13.8 Å². The van der Waals surface area contributed by atoms with Crippen molar-refractivity contribution in [2.75, 3.05) is 0 Å². The fourth-order valence-corrected chi connectivity index (χ4v) is 0. The van der Waals surface area contributed by atoms with Crippen molar-refractivity contribution in [3.63, 3.8) is 0 Å². The van der Waals surface area contributed by atoms with E-state index in [2.05, 4.69) is 0 Å². The Morgan fingerprint density at radius 2 is 1.44 bits per heavy atom. The van der Waals surface area contributed by atoms with Gasteiger partial charge in [-0.25, -0.2) is 4.39 Å². The van der Waals surface area contributed by atoms with Gasteiger partial charge in [-0.15, -0.1) is 24.8 Å². The van der Waals surface area contributed by atoms with Crippen molar-refractivity contribution in [3.05, 3.63) is 0 Å². The van der Waals surface area contributed by atoms with E-state index in [-0.39, 0.29) is 24.8 Å². The van der Waals surface area contributed by atoms with Crippen LogP contribution < -0.4 is 11.5 Å². The summed E-state index contributed by atoms with van der Waals surface area (Å²) in [6.07, 6.45) is -1.42. The molecule has 0 aliphatic heterocycles. The molecule has 0 saturated heterocycles. The first-order chi connectivity index (χ1) is 2.94. The molecule has 0 aromatic heterocycles. The third-order valence-corrected chi connectivity index (χ3v) is 0.711. The Labute approximate surface area is 67.0 Å². The molecule has 0 radical (unpaired) electrons. The summed E-state index contributed by atoms with van der Waals surface area (Å²) in [5.41, 5.74) is 9.07. The molecule has 0 aliphatic rings. The Morgan fingerprint density at radius 3 is 1.44 bits per heavy atom. The van der Waals surface area contributed by atoms with Crippen molar-refractivity contribution in [1.29, 1.82) is 0 Å². The molecule has 0 heterocycles. The van der Waals surface area contributed by atoms with Crippen molar-refractivity contribution >= 4 is 24.8 Å². The van der Waals surface area contributed by atoms with Crippen molar-refractivity contribution in [3.8, 4) is 0 Å². The monoisotopic (exact) mass is 178 g/mol. The highest BCUT2D eigenvalue weighted by molar-refractivity contribution is 5.85. The smallest absolute Gasteiger partial charge is 0.166 e. The van der Waals surface area contributed by atoms with Crippen LogP contribution in [0.2, 0.25) is 0 Å². The van der Waals surface area contributed by atoms with Gasteiger partial charge < -0.3 is 11.5 Å². The van der Waals surface area contributed by atoms with E-state index >= 15 is 0 Å². The lowest BCUT2D eigenvalue weighted by Gasteiger charge is -2.18. The number of hydrogen-bond donors (Lipinski definition) is 2. The minimum Gasteiger partial charge on any atom is -0.322 e. The number of alkyl halides is 1. The van der Waals surface area contributed by atoms with E-state index in [4.69, 9.17) is 11.5 Å². The van der Waals surface area contributed by atoms with Crippen LogP contribution in [0.5, 0.6) is 0 Å². The summed E-state index contributed by atoms with van der Waals surface area (Å²) in [5, 5.41) is 0. The first-order valence-corrected chi connectivity index (χ1v) is 2.13. The lowest BCUT2D eigenvalue weighted by atomic mass is 10.1. The fraction of sp³-hybridized carbons (Fsp3) is 1.00. The summed E-state index contributed by atoms with van der Waals surface area (Å²) >= 11 is 0. The highest BCUT2D eigenvalue weighted by atomic mass is 35.5. The molecule has 0 bridgehead atoms. The molecule has 1 atom stereocenters. The van der Waals surface area contributed by atoms with Gasteiger partial charge in [-0.05, 0) is 13.8 Å². The van der Waals surface area contributed by atoms with Gasteiger partial charge in [0.15, 0.2) is 6.30 Å². The van der Waals surface area contributed by atoms with E-state index in [1.54, 1.807) is 0 Å². The molecule has 0 saturated carbocycles. The minimum absolute atomic E-state index is 0. The summed E-state index contributed by atoms with van der Waals surface area (Å²) in [7, 11) is 0. The van der Waals surface area contributed by atoms with E-state index in [9.17, 15) is 4.39 Å². The molecule has 9 heavy (non-hydrogen) atoms. The van der Waals surface area contributed by atoms with E-state index in [0.717, 1.165) is 0 Å². The van der Waals surface area contributed by atoms with E-state index < -0.39 is 11.8 Å². The van der Waals surface area contributed by atoms with Crippen molar-refractivity contribution in [1.82, 2.24) is 0 Å². The van der Waals surface area contributed by atoms with E-state index in [1.165, 1.54) is 13.8 Å². The second kappa shape index (κ2) is 5.23. The molecule has 2 nitrogen and oxygen atoms in total. The first-order valence-electron chi connectivity index (χ1n) is 2.13. The van der Waals surface area contributed by atoms with Gasteiger partial charge in [0.2, 0.25) is 0 Å². The Morgan fingerprint density at radius 1 is 1.33 bits per heavy atom. The molecule has 5 heteroatoms. The molecule has 1 unspecified atom stereocenters. The molecule has 0 rings (SSSR count). The summed E-state index contributed by atoms with van der Waals surface area (Å²) in [5.74, 6) is 0. The normalized spacial score (nSPS) is 13.0. The third-order valence-electron chi connectivity index (χ3n) is 0.711. The Kier molecular flexibility index (Phi) is 9.43. The van der Waals surface area contributed by atoms with Crippen LogP contribution in [-0.4, -0.2) is 11.8 Å². The van der Waals surface area contributed by atoms with Crippen LogP contribution in [0.3, 0.4) is 0 Å². The molecule has 0 aromatic carbocycles. The Hall–Kier alpha value is 0.430. The lowest BCUT2D eigenvalue weighted by Crippen LogP contribution is -2.47. The zero-order valence-electron chi connectivity index (χ0n) is 5.43. The maximum Gasteiger partial charge on any atom is 0.166 e. The predicted molar refractivity (Wildman–Crippen MR) is 41.8 cm³/mol. The molecule has 0 fully saturated rings. The second-order valence-electron chi connectivity index (χ2n) is 2.22. The summed E-state index contributed by atoms with van der Waals surface area (Å²) in [6, 6.07) is 0. The van der Waals surface area contributed by atoms with Crippen LogP contribution >= 0.6 is 24.8 Å². The highest BCUT2D eigenvalue weighted by Crippen LogP contribution is 2.01. The van der Waals surface area contributed by atoms with E-state index in [1.807, 2.05) is 0 Å². The molecule has 0 aliphatic carbocycles. The zero-order valence-corrected chi connectivity index (χ0v) is 7.06. The summed E-state index contributed by atoms with van der Waals surface area (Å²) < 4.78 is 11.9. The predicted octanol–water partition coefficient (Wildman–Crippen LogP) is 0.822. The van der Waals surface area contributed by atoms with E-state index in [0.29, 0.717) is 0 Å². The van der Waals surface area contributed by atoms with Crippen LogP contribution in [0.25, 0.3) is 0 Å². The standard InChI is InChI=1S/C4H11FN2.2ClH/c1-4(2,7)3(5)6;;/h3H,6-7H2,1-2H3;2*1H. The van der Waals surface area contributed by atoms with Gasteiger partial charge in [0.1, 0.15) is 0 Å². The largest absolute Gasteiger partial charge is 0.322 e. The van der Waals surface area contributed by atoms with Crippen LogP contribution in [-0.2, 0) is 0 Å². The van der Waals surface area contributed by atoms with Crippen LogP contribution in [0.15, 0.2) is 0 Å². The van der Waals surface area contributed by atoms with Gasteiger partial charge in [0, 0.05) is 0 Å². The molecule has 4 N–H and O–H groups in total. The molecular weight excluding hydrogens is 166 g/mol. The molecule has 0 amide bonds. The average molecular weight is 179 g/mol.